The summed E-state index contributed by atoms with van der Waals surface area (Å²) in [6.45, 7) is 2.69. The maximum Gasteiger partial charge on any atom is 0.123 e. The Morgan fingerprint density at radius 3 is 2.45 bits per heavy atom. The van der Waals surface area contributed by atoms with Crippen molar-refractivity contribution >= 4 is 22.9 Å². The summed E-state index contributed by atoms with van der Waals surface area (Å²) in [7, 11) is 1.98. The van der Waals surface area contributed by atoms with E-state index in [0.29, 0.717) is 11.5 Å². The summed E-state index contributed by atoms with van der Waals surface area (Å²) < 4.78 is 12.9. The second kappa shape index (κ2) is 6.01. The fraction of sp³-hybridized carbons (Fsp3) is 0.188. The van der Waals surface area contributed by atoms with E-state index in [2.05, 4.69) is 4.90 Å². The van der Waals surface area contributed by atoms with Crippen LogP contribution in [-0.2, 0) is 6.54 Å². The van der Waals surface area contributed by atoms with Gasteiger partial charge in [0, 0.05) is 24.8 Å². The number of aryl methyl sites for hydroxylation is 1. The highest BCUT2D eigenvalue weighted by atomic mass is 32.1. The van der Waals surface area contributed by atoms with Crippen molar-refractivity contribution in [3.63, 3.8) is 0 Å². The van der Waals surface area contributed by atoms with Crippen molar-refractivity contribution in [1.29, 1.82) is 0 Å². The van der Waals surface area contributed by atoms with Crippen LogP contribution in [0.2, 0.25) is 0 Å². The van der Waals surface area contributed by atoms with Crippen LogP contribution in [0.3, 0.4) is 0 Å². The standard InChI is InChI=1S/C16H17FN2S/c1-11-4-3-5-14(16(18)20)15(11)19(2)10-12-6-8-13(17)9-7-12/h3-9H,10H2,1-2H3,(H2,18,20). The fourth-order valence-electron chi connectivity index (χ4n) is 2.31. The lowest BCUT2D eigenvalue weighted by atomic mass is 10.1. The van der Waals surface area contributed by atoms with Crippen LogP contribution in [-0.4, -0.2) is 12.0 Å². The van der Waals surface area contributed by atoms with Gasteiger partial charge in [0.1, 0.15) is 10.8 Å². The van der Waals surface area contributed by atoms with Crippen LogP contribution in [0.15, 0.2) is 42.5 Å². The molecule has 2 nitrogen and oxygen atoms in total. The lowest BCUT2D eigenvalue weighted by Gasteiger charge is -2.24. The average molecular weight is 288 g/mol. The molecule has 0 heterocycles. The molecule has 0 spiro atoms. The van der Waals surface area contributed by atoms with E-state index in [0.717, 1.165) is 22.4 Å². The van der Waals surface area contributed by atoms with Gasteiger partial charge in [-0.05, 0) is 36.2 Å². The molecule has 0 aliphatic heterocycles. The van der Waals surface area contributed by atoms with E-state index in [1.165, 1.54) is 12.1 Å². The van der Waals surface area contributed by atoms with Gasteiger partial charge in [0.05, 0.1) is 0 Å². The molecule has 2 aromatic carbocycles. The monoisotopic (exact) mass is 288 g/mol. The highest BCUT2D eigenvalue weighted by molar-refractivity contribution is 7.80. The van der Waals surface area contributed by atoms with Crippen molar-refractivity contribution in [3.8, 4) is 0 Å². The Bertz CT molecular complexity index is 623. The number of thiocarbonyl (C=S) groups is 1. The van der Waals surface area contributed by atoms with Gasteiger partial charge in [-0.1, -0.05) is 36.5 Å². The minimum atomic E-state index is -0.226. The lowest BCUT2D eigenvalue weighted by molar-refractivity contribution is 0.627. The first-order valence-corrected chi connectivity index (χ1v) is 6.75. The zero-order valence-corrected chi connectivity index (χ0v) is 12.4. The van der Waals surface area contributed by atoms with Gasteiger partial charge in [0.25, 0.3) is 0 Å². The number of benzene rings is 2. The molecule has 0 fully saturated rings. The van der Waals surface area contributed by atoms with Crippen molar-refractivity contribution in [2.45, 2.75) is 13.5 Å². The Morgan fingerprint density at radius 2 is 1.85 bits per heavy atom. The average Bonchev–Trinajstić information content (AvgIpc) is 2.40. The van der Waals surface area contributed by atoms with E-state index in [1.54, 1.807) is 12.1 Å². The molecule has 0 amide bonds. The molecule has 0 aromatic heterocycles. The van der Waals surface area contributed by atoms with Crippen LogP contribution in [0.4, 0.5) is 10.1 Å². The third kappa shape index (κ3) is 3.14. The highest BCUT2D eigenvalue weighted by Crippen LogP contribution is 2.25. The van der Waals surface area contributed by atoms with Crippen molar-refractivity contribution in [1.82, 2.24) is 0 Å². The molecule has 0 saturated carbocycles. The number of hydrogen-bond donors (Lipinski definition) is 1. The third-order valence-corrected chi connectivity index (χ3v) is 3.44. The van der Waals surface area contributed by atoms with E-state index < -0.39 is 0 Å². The Labute approximate surface area is 124 Å². The molecule has 2 aromatic rings. The van der Waals surface area contributed by atoms with E-state index in [9.17, 15) is 4.39 Å². The Balaban J connectivity index is 2.31. The molecule has 0 unspecified atom stereocenters. The maximum atomic E-state index is 12.9. The number of hydrogen-bond acceptors (Lipinski definition) is 2. The van der Waals surface area contributed by atoms with Crippen molar-refractivity contribution in [3.05, 3.63) is 65.0 Å². The molecule has 2 rings (SSSR count). The summed E-state index contributed by atoms with van der Waals surface area (Å²) in [6, 6.07) is 12.4. The molecular formula is C16H17FN2S. The van der Waals surface area contributed by atoms with Crippen molar-refractivity contribution in [2.24, 2.45) is 5.73 Å². The van der Waals surface area contributed by atoms with E-state index in [-0.39, 0.29) is 5.82 Å². The molecule has 0 saturated heterocycles. The van der Waals surface area contributed by atoms with Crippen LogP contribution >= 0.6 is 12.2 Å². The normalized spacial score (nSPS) is 10.3. The van der Waals surface area contributed by atoms with Gasteiger partial charge >= 0.3 is 0 Å². The van der Waals surface area contributed by atoms with E-state index >= 15 is 0 Å². The predicted octanol–water partition coefficient (Wildman–Crippen LogP) is 3.40. The summed E-state index contributed by atoms with van der Waals surface area (Å²) in [6.07, 6.45) is 0. The highest BCUT2D eigenvalue weighted by Gasteiger charge is 2.12. The van der Waals surface area contributed by atoms with Crippen LogP contribution in [0.5, 0.6) is 0 Å². The van der Waals surface area contributed by atoms with Gasteiger partial charge < -0.3 is 10.6 Å². The first-order valence-electron chi connectivity index (χ1n) is 6.34. The van der Waals surface area contributed by atoms with Crippen molar-refractivity contribution < 1.29 is 4.39 Å². The summed E-state index contributed by atoms with van der Waals surface area (Å²) in [5, 5.41) is 0. The number of rotatable bonds is 4. The molecule has 0 bridgehead atoms. The van der Waals surface area contributed by atoms with Crippen LogP contribution < -0.4 is 10.6 Å². The summed E-state index contributed by atoms with van der Waals surface area (Å²) >= 11 is 5.11. The van der Waals surface area contributed by atoms with Crippen LogP contribution in [0.1, 0.15) is 16.7 Å². The van der Waals surface area contributed by atoms with E-state index in [1.807, 2.05) is 32.2 Å². The van der Waals surface area contributed by atoms with Gasteiger partial charge in [0.2, 0.25) is 0 Å². The predicted molar refractivity (Wildman–Crippen MR) is 85.6 cm³/mol. The van der Waals surface area contributed by atoms with Crippen molar-refractivity contribution in [2.75, 3.05) is 11.9 Å². The Kier molecular flexibility index (Phi) is 4.35. The Morgan fingerprint density at radius 1 is 1.20 bits per heavy atom. The zero-order valence-electron chi connectivity index (χ0n) is 11.6. The maximum absolute atomic E-state index is 12.9. The quantitative estimate of drug-likeness (QED) is 0.874. The number of anilines is 1. The number of para-hydroxylation sites is 1. The van der Waals surface area contributed by atoms with Gasteiger partial charge in [-0.3, -0.25) is 0 Å². The van der Waals surface area contributed by atoms with Gasteiger partial charge in [-0.25, -0.2) is 4.39 Å². The second-order valence-corrected chi connectivity index (χ2v) is 5.26. The molecular weight excluding hydrogens is 271 g/mol. The second-order valence-electron chi connectivity index (χ2n) is 4.82. The first-order chi connectivity index (χ1) is 9.49. The van der Waals surface area contributed by atoms with Gasteiger partial charge in [-0.15, -0.1) is 0 Å². The summed E-state index contributed by atoms with van der Waals surface area (Å²) in [4.78, 5) is 2.46. The number of nitrogens with two attached hydrogens (primary N) is 1. The number of nitrogens with zero attached hydrogens (tertiary/aromatic N) is 1. The van der Waals surface area contributed by atoms with Gasteiger partial charge in [0.15, 0.2) is 0 Å². The smallest absolute Gasteiger partial charge is 0.123 e. The molecule has 0 aliphatic rings. The molecule has 0 aliphatic carbocycles. The third-order valence-electron chi connectivity index (χ3n) is 3.22. The molecule has 20 heavy (non-hydrogen) atoms. The first kappa shape index (κ1) is 14.5. The minimum Gasteiger partial charge on any atom is -0.389 e. The number of halogens is 1. The van der Waals surface area contributed by atoms with Gasteiger partial charge in [-0.2, -0.15) is 0 Å². The van der Waals surface area contributed by atoms with Crippen LogP contribution in [0.25, 0.3) is 0 Å². The van der Waals surface area contributed by atoms with E-state index in [4.69, 9.17) is 18.0 Å². The SMILES string of the molecule is Cc1cccc(C(N)=S)c1N(C)Cc1ccc(F)cc1. The minimum absolute atomic E-state index is 0.226. The zero-order chi connectivity index (χ0) is 14.7. The summed E-state index contributed by atoms with van der Waals surface area (Å²) in [5.41, 5.74) is 9.82. The molecule has 104 valence electrons. The molecule has 4 heteroatoms. The van der Waals surface area contributed by atoms with Crippen LogP contribution in [0, 0.1) is 12.7 Å². The molecule has 0 radical (unpaired) electrons. The fourth-order valence-corrected chi connectivity index (χ4v) is 2.47. The molecule has 0 atom stereocenters. The largest absolute Gasteiger partial charge is 0.389 e. The Hall–Kier alpha value is -1.94. The summed E-state index contributed by atoms with van der Waals surface area (Å²) in [5.74, 6) is -0.226. The topological polar surface area (TPSA) is 29.3 Å². The lowest BCUT2D eigenvalue weighted by Crippen LogP contribution is -2.22. The molecule has 2 N–H and O–H groups in total.